The molecular weight excluding hydrogens is 196 g/mol. The quantitative estimate of drug-likeness (QED) is 0.546. The van der Waals surface area contributed by atoms with Crippen LogP contribution in [-0.4, -0.2) is 24.7 Å². The fraction of sp³-hybridized carbons (Fsp3) is 0.700. The molecule has 5 heteroatoms. The molecule has 83 valence electrons. The average Bonchev–Trinajstić information content (AvgIpc) is 2.18. The van der Waals surface area contributed by atoms with Gasteiger partial charge in [-0.1, -0.05) is 13.3 Å². The van der Waals surface area contributed by atoms with Gasteiger partial charge >= 0.3 is 5.97 Å². The van der Waals surface area contributed by atoms with Crippen molar-refractivity contribution in [2.24, 2.45) is 16.9 Å². The molecule has 1 amide bonds. The minimum absolute atomic E-state index is 0.261. The Kier molecular flexibility index (Phi) is 4.27. The van der Waals surface area contributed by atoms with Gasteiger partial charge in [0.25, 0.3) is 5.91 Å². The molecule has 1 rings (SSSR count). The summed E-state index contributed by atoms with van der Waals surface area (Å²) in [6.45, 7) is 3.97. The maximum atomic E-state index is 11.5. The van der Waals surface area contributed by atoms with Gasteiger partial charge in [0, 0.05) is 5.92 Å². The van der Waals surface area contributed by atoms with Crippen LogP contribution in [0.2, 0.25) is 0 Å². The first-order valence-electron chi connectivity index (χ1n) is 5.12. The van der Waals surface area contributed by atoms with Crippen LogP contribution in [0.15, 0.2) is 5.10 Å². The van der Waals surface area contributed by atoms with Gasteiger partial charge in [-0.05, 0) is 13.3 Å². The van der Waals surface area contributed by atoms with E-state index in [2.05, 4.69) is 16.7 Å². The molecule has 0 saturated heterocycles. The second-order valence-corrected chi connectivity index (χ2v) is 3.34. The Morgan fingerprint density at radius 3 is 2.93 bits per heavy atom. The molecule has 5 nitrogen and oxygen atoms in total. The van der Waals surface area contributed by atoms with E-state index in [1.54, 1.807) is 6.92 Å². The summed E-state index contributed by atoms with van der Waals surface area (Å²) in [6.07, 6.45) is 4.31. The van der Waals surface area contributed by atoms with E-state index in [9.17, 15) is 9.59 Å². The van der Waals surface area contributed by atoms with E-state index >= 15 is 0 Å². The first kappa shape index (κ1) is 11.7. The molecule has 0 aromatic rings. The van der Waals surface area contributed by atoms with Crippen molar-refractivity contribution >= 4 is 18.1 Å². The molecular formula is C10H15N2O3. The predicted octanol–water partition coefficient (Wildman–Crippen LogP) is 0.575. The maximum Gasteiger partial charge on any atom is 0.319 e. The number of carbonyl (C=O) groups excluding carboxylic acids is 2. The van der Waals surface area contributed by atoms with Crippen LogP contribution in [0, 0.1) is 11.8 Å². The summed E-state index contributed by atoms with van der Waals surface area (Å²) >= 11 is 0. The summed E-state index contributed by atoms with van der Waals surface area (Å²) in [7, 11) is 0. The highest BCUT2D eigenvalue weighted by Gasteiger charge is 2.37. The Morgan fingerprint density at radius 2 is 2.33 bits per heavy atom. The number of nitrogens with one attached hydrogen (secondary N) is 1. The van der Waals surface area contributed by atoms with Gasteiger partial charge in [0.05, 0.1) is 12.8 Å². The van der Waals surface area contributed by atoms with E-state index < -0.39 is 17.8 Å². The number of rotatable bonds is 4. The largest absolute Gasteiger partial charge is 0.465 e. The fourth-order valence-corrected chi connectivity index (χ4v) is 1.54. The van der Waals surface area contributed by atoms with Gasteiger partial charge in [0.15, 0.2) is 0 Å². The summed E-state index contributed by atoms with van der Waals surface area (Å²) < 4.78 is 4.85. The van der Waals surface area contributed by atoms with Crippen LogP contribution in [0.25, 0.3) is 0 Å². The Labute approximate surface area is 88.9 Å². The standard InChI is InChI=1S/C10H15N2O3/c1-3-5-7-6-11-12-9(13)8(7)10(14)15-4-2/h7-8H,3-5H2,1-2H3,(H,12,13). The van der Waals surface area contributed by atoms with Crippen molar-refractivity contribution < 1.29 is 14.3 Å². The summed E-state index contributed by atoms with van der Waals surface area (Å²) in [4.78, 5) is 23.0. The third-order valence-electron chi connectivity index (χ3n) is 2.22. The van der Waals surface area contributed by atoms with Gasteiger partial charge < -0.3 is 4.74 Å². The topological polar surface area (TPSA) is 67.8 Å². The Morgan fingerprint density at radius 1 is 1.60 bits per heavy atom. The van der Waals surface area contributed by atoms with Crippen molar-refractivity contribution in [3.05, 3.63) is 0 Å². The molecule has 1 radical (unpaired) electrons. The third kappa shape index (κ3) is 2.78. The van der Waals surface area contributed by atoms with Gasteiger partial charge in [-0.3, -0.25) is 9.59 Å². The second-order valence-electron chi connectivity index (χ2n) is 3.34. The fourth-order valence-electron chi connectivity index (χ4n) is 1.54. The van der Waals surface area contributed by atoms with Crippen LogP contribution in [0.5, 0.6) is 0 Å². The number of hydrogen-bond donors (Lipinski definition) is 1. The minimum Gasteiger partial charge on any atom is -0.465 e. The summed E-state index contributed by atoms with van der Waals surface area (Å²) in [5, 5.41) is 3.59. The van der Waals surface area contributed by atoms with E-state index in [1.807, 2.05) is 6.92 Å². The van der Waals surface area contributed by atoms with Crippen LogP contribution < -0.4 is 5.43 Å². The van der Waals surface area contributed by atoms with Crippen LogP contribution in [0.4, 0.5) is 0 Å². The summed E-state index contributed by atoms with van der Waals surface area (Å²) in [5.41, 5.74) is 2.23. The molecule has 0 aliphatic carbocycles. The van der Waals surface area contributed by atoms with Crippen molar-refractivity contribution in [3.8, 4) is 0 Å². The lowest BCUT2D eigenvalue weighted by Gasteiger charge is -2.22. The normalized spacial score (nSPS) is 24.8. The first-order valence-corrected chi connectivity index (χ1v) is 5.12. The van der Waals surface area contributed by atoms with Crippen LogP contribution in [0.1, 0.15) is 26.7 Å². The van der Waals surface area contributed by atoms with Gasteiger partial charge in [0.2, 0.25) is 0 Å². The van der Waals surface area contributed by atoms with E-state index in [1.165, 1.54) is 0 Å². The zero-order chi connectivity index (χ0) is 11.3. The number of hydrogen-bond acceptors (Lipinski definition) is 4. The Bertz CT molecular complexity index is 276. The molecule has 1 N–H and O–H groups in total. The third-order valence-corrected chi connectivity index (χ3v) is 2.22. The molecule has 0 spiro atoms. The summed E-state index contributed by atoms with van der Waals surface area (Å²) in [6, 6.07) is 0. The number of amides is 1. The summed E-state index contributed by atoms with van der Waals surface area (Å²) in [5.74, 6) is -1.94. The number of nitrogens with zero attached hydrogens (tertiary/aromatic N) is 1. The van der Waals surface area contributed by atoms with Crippen molar-refractivity contribution in [2.45, 2.75) is 26.7 Å². The number of carbonyl (C=O) groups is 2. The van der Waals surface area contributed by atoms with Crippen LogP contribution in [0.3, 0.4) is 0 Å². The number of esters is 1. The molecule has 2 atom stereocenters. The van der Waals surface area contributed by atoms with Crippen LogP contribution >= 0.6 is 0 Å². The molecule has 1 heterocycles. The highest BCUT2D eigenvalue weighted by Crippen LogP contribution is 2.20. The first-order chi connectivity index (χ1) is 7.20. The molecule has 0 aromatic heterocycles. The lowest BCUT2D eigenvalue weighted by molar-refractivity contribution is -0.153. The molecule has 2 unspecified atom stereocenters. The zero-order valence-electron chi connectivity index (χ0n) is 8.95. The van der Waals surface area contributed by atoms with Crippen molar-refractivity contribution in [3.63, 3.8) is 0 Å². The predicted molar refractivity (Wildman–Crippen MR) is 54.1 cm³/mol. The Hall–Kier alpha value is -1.39. The smallest absolute Gasteiger partial charge is 0.319 e. The van der Waals surface area contributed by atoms with E-state index in [4.69, 9.17) is 4.74 Å². The van der Waals surface area contributed by atoms with Crippen LogP contribution in [-0.2, 0) is 14.3 Å². The molecule has 1 aliphatic rings. The molecule has 0 bridgehead atoms. The number of hydrazone groups is 1. The molecule has 0 aromatic carbocycles. The monoisotopic (exact) mass is 211 g/mol. The van der Waals surface area contributed by atoms with Gasteiger partial charge in [0.1, 0.15) is 5.92 Å². The van der Waals surface area contributed by atoms with Gasteiger partial charge in [-0.15, -0.1) is 0 Å². The van der Waals surface area contributed by atoms with E-state index in [-0.39, 0.29) is 12.5 Å². The van der Waals surface area contributed by atoms with E-state index in [0.29, 0.717) is 6.42 Å². The minimum atomic E-state index is -0.789. The van der Waals surface area contributed by atoms with Gasteiger partial charge in [-0.2, -0.15) is 5.10 Å². The highest BCUT2D eigenvalue weighted by molar-refractivity contribution is 6.02. The highest BCUT2D eigenvalue weighted by atomic mass is 16.5. The molecule has 0 fully saturated rings. The molecule has 15 heavy (non-hydrogen) atoms. The van der Waals surface area contributed by atoms with Crippen molar-refractivity contribution in [2.75, 3.05) is 6.61 Å². The average molecular weight is 211 g/mol. The maximum absolute atomic E-state index is 11.5. The number of ether oxygens (including phenoxy) is 1. The lowest BCUT2D eigenvalue weighted by Crippen LogP contribution is -2.43. The van der Waals surface area contributed by atoms with Crippen molar-refractivity contribution in [1.82, 2.24) is 5.43 Å². The molecule has 0 saturated carbocycles. The zero-order valence-corrected chi connectivity index (χ0v) is 8.95. The second kappa shape index (κ2) is 5.48. The lowest BCUT2D eigenvalue weighted by atomic mass is 9.88. The van der Waals surface area contributed by atoms with E-state index in [0.717, 1.165) is 6.42 Å². The van der Waals surface area contributed by atoms with Gasteiger partial charge in [-0.25, -0.2) is 5.43 Å². The Balaban J connectivity index is 2.75. The molecule has 1 aliphatic heterocycles. The SMILES string of the molecule is CCCC1[C]=NNC(=O)C1C(=O)OCC. The van der Waals surface area contributed by atoms with Crippen molar-refractivity contribution in [1.29, 1.82) is 0 Å².